The highest BCUT2D eigenvalue weighted by Crippen LogP contribution is 2.36. The minimum atomic E-state index is -0.399. The highest BCUT2D eigenvalue weighted by atomic mass is 35.5. The quantitative estimate of drug-likeness (QED) is 0.444. The van der Waals surface area contributed by atoms with Crippen molar-refractivity contribution in [3.05, 3.63) is 86.9 Å². The van der Waals surface area contributed by atoms with Gasteiger partial charge in [-0.2, -0.15) is 0 Å². The molecule has 7 heteroatoms. The smallest absolute Gasteiger partial charge is 0.293 e. The number of halogens is 2. The molecule has 140 valence electrons. The average molecular weight is 430 g/mol. The molecule has 1 saturated heterocycles. The van der Waals surface area contributed by atoms with Crippen molar-refractivity contribution in [3.63, 3.8) is 0 Å². The van der Waals surface area contributed by atoms with Crippen molar-refractivity contribution in [3.8, 4) is 11.3 Å². The van der Waals surface area contributed by atoms with Gasteiger partial charge in [0.1, 0.15) is 11.5 Å². The van der Waals surface area contributed by atoms with E-state index in [9.17, 15) is 9.59 Å². The van der Waals surface area contributed by atoms with Crippen molar-refractivity contribution in [1.29, 1.82) is 0 Å². The monoisotopic (exact) mass is 429 g/mol. The van der Waals surface area contributed by atoms with Crippen LogP contribution in [0.25, 0.3) is 17.4 Å². The van der Waals surface area contributed by atoms with Crippen LogP contribution in [0.3, 0.4) is 0 Å². The van der Waals surface area contributed by atoms with Gasteiger partial charge in [0, 0.05) is 27.2 Å². The van der Waals surface area contributed by atoms with E-state index in [1.165, 1.54) is 0 Å². The standard InChI is InChI=1S/C21H13Cl2NO3S/c22-16-7-4-8-17(23)15(16)12-24-20(25)19(28-21(24)26)11-14-9-10-18(27-14)13-5-2-1-3-6-13/h1-11H,12H2/b19-11+. The molecule has 0 aliphatic carbocycles. The molecule has 3 aromatic rings. The number of carbonyl (C=O) groups excluding carboxylic acids is 2. The minimum Gasteiger partial charge on any atom is -0.457 e. The number of rotatable bonds is 4. The SMILES string of the molecule is O=C1S/C(=C/c2ccc(-c3ccccc3)o2)C(=O)N1Cc1c(Cl)cccc1Cl. The number of benzene rings is 2. The Morgan fingerprint density at radius 1 is 0.929 bits per heavy atom. The maximum Gasteiger partial charge on any atom is 0.293 e. The van der Waals surface area contributed by atoms with Crippen LogP contribution in [0.4, 0.5) is 4.79 Å². The van der Waals surface area contributed by atoms with Crippen LogP contribution in [0.1, 0.15) is 11.3 Å². The third-order valence-corrected chi connectivity index (χ3v) is 5.83. The van der Waals surface area contributed by atoms with Crippen LogP contribution in [0, 0.1) is 0 Å². The summed E-state index contributed by atoms with van der Waals surface area (Å²) in [6.45, 7) is 0.0218. The molecule has 0 saturated carbocycles. The predicted octanol–water partition coefficient (Wildman–Crippen LogP) is 6.49. The van der Waals surface area contributed by atoms with Gasteiger partial charge in [-0.1, -0.05) is 59.6 Å². The van der Waals surface area contributed by atoms with Crippen molar-refractivity contribution in [2.45, 2.75) is 6.54 Å². The molecule has 0 bridgehead atoms. The van der Waals surface area contributed by atoms with Crippen LogP contribution in [-0.4, -0.2) is 16.0 Å². The lowest BCUT2D eigenvalue weighted by Crippen LogP contribution is -2.27. The fraction of sp³-hybridized carbons (Fsp3) is 0.0476. The molecule has 28 heavy (non-hydrogen) atoms. The van der Waals surface area contributed by atoms with Crippen LogP contribution in [0.15, 0.2) is 70.0 Å². The molecule has 2 heterocycles. The van der Waals surface area contributed by atoms with E-state index >= 15 is 0 Å². The first-order valence-corrected chi connectivity index (χ1v) is 9.93. The van der Waals surface area contributed by atoms with Crippen LogP contribution in [0.2, 0.25) is 10.0 Å². The van der Waals surface area contributed by atoms with E-state index in [0.29, 0.717) is 32.0 Å². The van der Waals surface area contributed by atoms with Crippen molar-refractivity contribution >= 4 is 52.2 Å². The summed E-state index contributed by atoms with van der Waals surface area (Å²) in [7, 11) is 0. The first kappa shape index (κ1) is 18.9. The zero-order chi connectivity index (χ0) is 19.7. The maximum absolute atomic E-state index is 12.7. The highest BCUT2D eigenvalue weighted by molar-refractivity contribution is 8.18. The largest absolute Gasteiger partial charge is 0.457 e. The maximum atomic E-state index is 12.7. The van der Waals surface area contributed by atoms with Crippen LogP contribution in [-0.2, 0) is 11.3 Å². The Morgan fingerprint density at radius 2 is 1.64 bits per heavy atom. The number of carbonyl (C=O) groups is 2. The van der Waals surface area contributed by atoms with Crippen LogP contribution >= 0.6 is 35.0 Å². The van der Waals surface area contributed by atoms with Crippen molar-refractivity contribution in [2.24, 2.45) is 0 Å². The molecule has 0 N–H and O–H groups in total. The Hall–Kier alpha value is -2.47. The molecule has 1 aliphatic rings. The number of imide groups is 1. The third kappa shape index (κ3) is 3.74. The van der Waals surface area contributed by atoms with Crippen molar-refractivity contribution < 1.29 is 14.0 Å². The normalized spacial score (nSPS) is 15.6. The van der Waals surface area contributed by atoms with Crippen molar-refractivity contribution in [2.75, 3.05) is 0 Å². The van der Waals surface area contributed by atoms with Crippen LogP contribution in [0.5, 0.6) is 0 Å². The van der Waals surface area contributed by atoms with Gasteiger partial charge in [-0.3, -0.25) is 14.5 Å². The van der Waals surface area contributed by atoms with E-state index in [0.717, 1.165) is 22.2 Å². The van der Waals surface area contributed by atoms with Gasteiger partial charge in [0.15, 0.2) is 0 Å². The Labute approximate surface area is 175 Å². The van der Waals surface area contributed by atoms with Gasteiger partial charge in [0.2, 0.25) is 0 Å². The Bertz CT molecular complexity index is 1070. The molecule has 0 radical (unpaired) electrons. The van der Waals surface area contributed by atoms with E-state index in [1.54, 1.807) is 30.3 Å². The van der Waals surface area contributed by atoms with E-state index in [4.69, 9.17) is 27.6 Å². The fourth-order valence-electron chi connectivity index (χ4n) is 2.79. The molecule has 1 fully saturated rings. The molecular formula is C21H13Cl2NO3S. The number of furan rings is 1. The van der Waals surface area contributed by atoms with Crippen LogP contribution < -0.4 is 0 Å². The molecular weight excluding hydrogens is 417 g/mol. The number of hydrogen-bond donors (Lipinski definition) is 0. The Kier molecular flexibility index (Phi) is 5.31. The number of hydrogen-bond acceptors (Lipinski definition) is 4. The zero-order valence-electron chi connectivity index (χ0n) is 14.4. The van der Waals surface area contributed by atoms with Gasteiger partial charge < -0.3 is 4.42 Å². The Morgan fingerprint density at radius 3 is 2.36 bits per heavy atom. The molecule has 4 rings (SSSR count). The third-order valence-electron chi connectivity index (χ3n) is 4.21. The fourth-order valence-corrected chi connectivity index (χ4v) is 4.13. The first-order valence-electron chi connectivity index (χ1n) is 8.36. The summed E-state index contributed by atoms with van der Waals surface area (Å²) >= 11 is 13.2. The number of thioether (sulfide) groups is 1. The minimum absolute atomic E-state index is 0.0218. The topological polar surface area (TPSA) is 50.5 Å². The lowest BCUT2D eigenvalue weighted by Gasteiger charge is -2.14. The summed E-state index contributed by atoms with van der Waals surface area (Å²) < 4.78 is 5.79. The predicted molar refractivity (Wildman–Crippen MR) is 112 cm³/mol. The summed E-state index contributed by atoms with van der Waals surface area (Å²) in [6, 6.07) is 18.3. The molecule has 0 atom stereocenters. The number of amides is 2. The summed E-state index contributed by atoms with van der Waals surface area (Å²) in [5.41, 5.74) is 1.47. The van der Waals surface area contributed by atoms with Gasteiger partial charge >= 0.3 is 0 Å². The van der Waals surface area contributed by atoms with E-state index in [1.807, 2.05) is 36.4 Å². The first-order chi connectivity index (χ1) is 13.5. The summed E-state index contributed by atoms with van der Waals surface area (Å²) in [4.78, 5) is 26.5. The molecule has 1 aliphatic heterocycles. The van der Waals surface area contributed by atoms with Gasteiger partial charge in [-0.25, -0.2) is 0 Å². The van der Waals surface area contributed by atoms with Gasteiger partial charge in [-0.15, -0.1) is 0 Å². The van der Waals surface area contributed by atoms with Gasteiger partial charge in [0.05, 0.1) is 11.4 Å². The lowest BCUT2D eigenvalue weighted by atomic mass is 10.2. The molecule has 0 unspecified atom stereocenters. The van der Waals surface area contributed by atoms with E-state index in [-0.39, 0.29) is 11.8 Å². The van der Waals surface area contributed by atoms with E-state index < -0.39 is 5.91 Å². The van der Waals surface area contributed by atoms with Gasteiger partial charge in [-0.05, 0) is 36.0 Å². The summed E-state index contributed by atoms with van der Waals surface area (Å²) in [5, 5.41) is 0.449. The highest BCUT2D eigenvalue weighted by Gasteiger charge is 2.36. The molecule has 0 spiro atoms. The molecule has 2 aromatic carbocycles. The van der Waals surface area contributed by atoms with E-state index in [2.05, 4.69) is 0 Å². The average Bonchev–Trinajstić information content (AvgIpc) is 3.25. The lowest BCUT2D eigenvalue weighted by molar-refractivity contribution is -0.123. The second-order valence-corrected chi connectivity index (χ2v) is 7.84. The molecule has 2 amide bonds. The number of nitrogens with zero attached hydrogens (tertiary/aromatic N) is 1. The van der Waals surface area contributed by atoms with Gasteiger partial charge in [0.25, 0.3) is 11.1 Å². The zero-order valence-corrected chi connectivity index (χ0v) is 16.7. The second kappa shape index (κ2) is 7.87. The van der Waals surface area contributed by atoms with Crippen molar-refractivity contribution in [1.82, 2.24) is 4.90 Å². The second-order valence-electron chi connectivity index (χ2n) is 6.04. The Balaban J connectivity index is 1.57. The molecule has 1 aromatic heterocycles. The summed E-state index contributed by atoms with van der Waals surface area (Å²) in [5.74, 6) is 0.790. The molecule has 4 nitrogen and oxygen atoms in total. The summed E-state index contributed by atoms with van der Waals surface area (Å²) in [6.07, 6.45) is 1.57.